The number of benzene rings is 1. The molecule has 2 aliphatic rings. The Morgan fingerprint density at radius 3 is 2.79 bits per heavy atom. The maximum absolute atomic E-state index is 13.1. The first-order valence-corrected chi connectivity index (χ1v) is 12.2. The lowest BCUT2D eigenvalue weighted by atomic mass is 10.1. The van der Waals surface area contributed by atoms with Crippen molar-refractivity contribution in [3.05, 3.63) is 53.9 Å². The van der Waals surface area contributed by atoms with E-state index in [0.717, 1.165) is 60.3 Å². The number of hydrogen-bond donors (Lipinski definition) is 1. The number of aromatic nitrogens is 3. The Bertz CT molecular complexity index is 1400. The van der Waals surface area contributed by atoms with Crippen molar-refractivity contribution in [2.75, 3.05) is 20.2 Å². The fourth-order valence-electron chi connectivity index (χ4n) is 5.23. The molecule has 34 heavy (non-hydrogen) atoms. The van der Waals surface area contributed by atoms with Crippen LogP contribution in [0.15, 0.2) is 42.6 Å². The molecular weight excluding hydrogens is 426 g/mol. The van der Waals surface area contributed by atoms with Crippen molar-refractivity contribution in [2.45, 2.75) is 45.2 Å². The van der Waals surface area contributed by atoms with Gasteiger partial charge >= 0.3 is 0 Å². The maximum atomic E-state index is 13.1. The Morgan fingerprint density at radius 2 is 2.03 bits per heavy atom. The number of piperidine rings is 1. The van der Waals surface area contributed by atoms with Crippen LogP contribution in [0.25, 0.3) is 27.9 Å². The molecule has 4 heterocycles. The molecule has 1 aliphatic carbocycles. The van der Waals surface area contributed by atoms with E-state index in [2.05, 4.69) is 34.1 Å². The molecule has 6 rings (SSSR count). The average Bonchev–Trinajstić information content (AvgIpc) is 3.53. The fourth-order valence-corrected chi connectivity index (χ4v) is 5.23. The van der Waals surface area contributed by atoms with E-state index in [0.29, 0.717) is 12.1 Å². The minimum atomic E-state index is 0.0368. The maximum Gasteiger partial charge on any atom is 0.254 e. The predicted molar refractivity (Wildman–Crippen MR) is 133 cm³/mol. The van der Waals surface area contributed by atoms with Gasteiger partial charge in [-0.15, -0.1) is 0 Å². The van der Waals surface area contributed by atoms with Crippen LogP contribution < -0.4 is 10.5 Å². The molecule has 0 radical (unpaired) electrons. The summed E-state index contributed by atoms with van der Waals surface area (Å²) < 4.78 is 9.97. The van der Waals surface area contributed by atoms with Gasteiger partial charge in [-0.2, -0.15) is 0 Å². The van der Waals surface area contributed by atoms with Crippen LogP contribution in [0.2, 0.25) is 0 Å². The van der Waals surface area contributed by atoms with E-state index in [1.54, 1.807) is 7.11 Å². The van der Waals surface area contributed by atoms with Crippen LogP contribution in [-0.4, -0.2) is 51.0 Å². The monoisotopic (exact) mass is 457 g/mol. The minimum Gasteiger partial charge on any atom is -0.497 e. The van der Waals surface area contributed by atoms with Gasteiger partial charge in [-0.25, -0.2) is 4.98 Å². The first-order chi connectivity index (χ1) is 16.5. The summed E-state index contributed by atoms with van der Waals surface area (Å²) in [5.41, 5.74) is 11.9. The number of aryl methyl sites for hydroxylation is 1. The highest BCUT2D eigenvalue weighted by atomic mass is 16.5. The Labute approximate surface area is 199 Å². The van der Waals surface area contributed by atoms with E-state index >= 15 is 0 Å². The number of amides is 1. The zero-order chi connectivity index (χ0) is 23.4. The molecule has 1 aliphatic heterocycles. The zero-order valence-electron chi connectivity index (χ0n) is 19.8. The fraction of sp³-hybridized carbons (Fsp3) is 0.407. The van der Waals surface area contributed by atoms with Gasteiger partial charge in [0.2, 0.25) is 0 Å². The van der Waals surface area contributed by atoms with Crippen molar-refractivity contribution < 1.29 is 9.53 Å². The number of nitrogens with zero attached hydrogens (tertiary/aromatic N) is 4. The highest BCUT2D eigenvalue weighted by Crippen LogP contribution is 2.37. The molecule has 7 nitrogen and oxygen atoms in total. The van der Waals surface area contributed by atoms with Crippen molar-refractivity contribution in [1.29, 1.82) is 0 Å². The molecule has 1 amide bonds. The van der Waals surface area contributed by atoms with Crippen LogP contribution in [0.4, 0.5) is 0 Å². The molecule has 176 valence electrons. The predicted octanol–water partition coefficient (Wildman–Crippen LogP) is 4.25. The summed E-state index contributed by atoms with van der Waals surface area (Å²) in [5.74, 6) is 1.62. The first-order valence-electron chi connectivity index (χ1n) is 12.2. The van der Waals surface area contributed by atoms with Crippen LogP contribution in [0, 0.1) is 12.8 Å². The Balaban J connectivity index is 1.42. The van der Waals surface area contributed by atoms with Gasteiger partial charge in [0.15, 0.2) is 0 Å². The van der Waals surface area contributed by atoms with Gasteiger partial charge in [-0.1, -0.05) is 0 Å². The molecule has 2 N–H and O–H groups in total. The zero-order valence-corrected chi connectivity index (χ0v) is 19.8. The van der Waals surface area contributed by atoms with Crippen LogP contribution in [0.1, 0.15) is 41.7 Å². The lowest BCUT2D eigenvalue weighted by Crippen LogP contribution is -2.45. The number of ether oxygens (including phenoxy) is 1. The third-order valence-electron chi connectivity index (χ3n) is 7.35. The van der Waals surface area contributed by atoms with Crippen LogP contribution in [0.5, 0.6) is 5.75 Å². The summed E-state index contributed by atoms with van der Waals surface area (Å²) in [6, 6.07) is 12.4. The normalized spacial score (nSPS) is 18.7. The molecule has 1 unspecified atom stereocenters. The van der Waals surface area contributed by atoms with E-state index in [-0.39, 0.29) is 11.9 Å². The van der Waals surface area contributed by atoms with E-state index in [4.69, 9.17) is 15.5 Å². The number of pyridine rings is 1. The number of nitrogens with two attached hydrogens (primary N) is 1. The topological polar surface area (TPSA) is 77.8 Å². The minimum absolute atomic E-state index is 0.0368. The van der Waals surface area contributed by atoms with Gasteiger partial charge in [0.1, 0.15) is 17.1 Å². The molecular formula is C27H31N5O2. The van der Waals surface area contributed by atoms with Crippen molar-refractivity contribution in [3.8, 4) is 17.1 Å². The number of methoxy groups -OCH3 is 1. The quantitative estimate of drug-likeness (QED) is 0.486. The molecule has 1 atom stereocenters. The second kappa shape index (κ2) is 8.17. The lowest BCUT2D eigenvalue weighted by Gasteiger charge is -2.30. The second-order valence-electron chi connectivity index (χ2n) is 9.85. The van der Waals surface area contributed by atoms with Crippen molar-refractivity contribution >= 4 is 22.5 Å². The molecule has 1 saturated carbocycles. The number of carbonyl (C=O) groups is 1. The molecule has 0 bridgehead atoms. The van der Waals surface area contributed by atoms with Crippen molar-refractivity contribution in [2.24, 2.45) is 11.7 Å². The van der Waals surface area contributed by atoms with Gasteiger partial charge in [0.05, 0.1) is 18.3 Å². The number of rotatable bonds is 5. The van der Waals surface area contributed by atoms with E-state index in [1.165, 1.54) is 23.7 Å². The lowest BCUT2D eigenvalue weighted by molar-refractivity contribution is 0.0709. The largest absolute Gasteiger partial charge is 0.497 e. The number of fused-ring (bicyclic) bond motifs is 2. The molecule has 4 aromatic rings. The first kappa shape index (κ1) is 21.2. The van der Waals surface area contributed by atoms with E-state index < -0.39 is 0 Å². The summed E-state index contributed by atoms with van der Waals surface area (Å²) in [5, 5.41) is 1.19. The molecule has 1 saturated heterocycles. The highest BCUT2D eigenvalue weighted by Gasteiger charge is 2.26. The smallest absolute Gasteiger partial charge is 0.254 e. The molecule has 1 aromatic carbocycles. The third kappa shape index (κ3) is 3.64. The number of hydrogen-bond acceptors (Lipinski definition) is 4. The second-order valence-corrected chi connectivity index (χ2v) is 9.85. The molecule has 3 aromatic heterocycles. The van der Waals surface area contributed by atoms with E-state index in [9.17, 15) is 4.79 Å². The molecule has 7 heteroatoms. The van der Waals surface area contributed by atoms with Gasteiger partial charge < -0.3 is 24.3 Å². The van der Waals surface area contributed by atoms with Gasteiger partial charge in [-0.3, -0.25) is 4.79 Å². The summed E-state index contributed by atoms with van der Waals surface area (Å²) in [4.78, 5) is 20.0. The summed E-state index contributed by atoms with van der Waals surface area (Å²) in [6.45, 7) is 4.47. The number of imidazole rings is 1. The number of likely N-dealkylation sites (tertiary alicyclic amines) is 1. The summed E-state index contributed by atoms with van der Waals surface area (Å²) in [7, 11) is 1.71. The highest BCUT2D eigenvalue weighted by molar-refractivity contribution is 5.95. The Morgan fingerprint density at radius 1 is 1.18 bits per heavy atom. The van der Waals surface area contributed by atoms with Crippen LogP contribution in [-0.2, 0) is 6.54 Å². The molecule has 2 fully saturated rings. The van der Waals surface area contributed by atoms with Gasteiger partial charge in [-0.05, 0) is 68.9 Å². The van der Waals surface area contributed by atoms with Crippen LogP contribution in [0.3, 0.4) is 0 Å². The average molecular weight is 458 g/mol. The third-order valence-corrected chi connectivity index (χ3v) is 7.35. The Hall–Kier alpha value is -3.32. The van der Waals surface area contributed by atoms with E-state index in [1.807, 2.05) is 29.3 Å². The number of carbonyl (C=O) groups excluding carboxylic acids is 1. The van der Waals surface area contributed by atoms with Gasteiger partial charge in [0, 0.05) is 54.6 Å². The van der Waals surface area contributed by atoms with Crippen molar-refractivity contribution in [1.82, 2.24) is 18.9 Å². The van der Waals surface area contributed by atoms with Gasteiger partial charge in [0.25, 0.3) is 5.91 Å². The van der Waals surface area contributed by atoms with Crippen molar-refractivity contribution in [3.63, 3.8) is 0 Å². The van der Waals surface area contributed by atoms with Crippen LogP contribution >= 0.6 is 0 Å². The summed E-state index contributed by atoms with van der Waals surface area (Å²) >= 11 is 0. The standard InChI is InChI=1S/C27H31N5O2/c1-17-26(24-12-19-7-8-22(34-2)14-23(19)32(24)15-18-5-6-18)29-25-13-20(9-11-31(17)25)27(33)30-10-3-4-21(28)16-30/h7-9,11-14,18,21H,3-6,10,15-16,28H2,1-2H3. The SMILES string of the molecule is COc1ccc2cc(-c3nc4cc(C(=O)N5CCCC(N)C5)ccn4c3C)n(CC3CC3)c2c1. The summed E-state index contributed by atoms with van der Waals surface area (Å²) in [6.07, 6.45) is 6.46. The Kier molecular flexibility index (Phi) is 5.10. The molecule has 0 spiro atoms.